The minimum Gasteiger partial charge on any atom is -0.325 e. The number of hydrogen-bond donors (Lipinski definition) is 1. The van der Waals surface area contributed by atoms with Gasteiger partial charge < -0.3 is 5.32 Å². The van der Waals surface area contributed by atoms with Crippen LogP contribution in [0.1, 0.15) is 36.6 Å². The number of nitrogens with zero attached hydrogens (tertiary/aromatic N) is 3. The third-order valence-electron chi connectivity index (χ3n) is 4.49. The number of nitrogens with one attached hydrogen (secondary N) is 1. The molecule has 0 radical (unpaired) electrons. The summed E-state index contributed by atoms with van der Waals surface area (Å²) in [5.74, 6) is 0.608. The lowest BCUT2D eigenvalue weighted by Crippen LogP contribution is -2.32. The lowest BCUT2D eigenvalue weighted by atomic mass is 9.97. The maximum Gasteiger partial charge on any atom is 0.257 e. The zero-order valence-corrected chi connectivity index (χ0v) is 14.0. The number of carbonyl (C=O) groups excluding carboxylic acids is 1. The van der Waals surface area contributed by atoms with Crippen molar-refractivity contribution < 1.29 is 4.79 Å². The molecule has 1 aliphatic carbocycles. The number of aryl methyl sites for hydroxylation is 1. The minimum absolute atomic E-state index is 0.0545. The number of amides is 1. The van der Waals surface area contributed by atoms with E-state index in [1.807, 2.05) is 0 Å². The van der Waals surface area contributed by atoms with E-state index in [2.05, 4.69) is 15.3 Å². The van der Waals surface area contributed by atoms with Crippen LogP contribution in [0.3, 0.4) is 0 Å². The van der Waals surface area contributed by atoms with Gasteiger partial charge in [0.15, 0.2) is 5.16 Å². The smallest absolute Gasteiger partial charge is 0.257 e. The van der Waals surface area contributed by atoms with E-state index in [4.69, 9.17) is 0 Å². The fourth-order valence-electron chi connectivity index (χ4n) is 3.33. The van der Waals surface area contributed by atoms with E-state index in [1.54, 1.807) is 40.9 Å². The third kappa shape index (κ3) is 2.84. The average Bonchev–Trinajstić information content (AvgIpc) is 2.99. The van der Waals surface area contributed by atoms with Crippen LogP contribution in [-0.4, -0.2) is 26.2 Å². The Labute approximate surface area is 143 Å². The number of rotatable bonds is 3. The number of hydrogen-bond acceptors (Lipinski definition) is 5. The fourth-order valence-corrected chi connectivity index (χ4v) is 4.48. The molecule has 1 unspecified atom stereocenters. The normalized spacial score (nSPS) is 18.8. The van der Waals surface area contributed by atoms with Crippen LogP contribution >= 0.6 is 11.8 Å². The quantitative estimate of drug-likeness (QED) is 0.865. The van der Waals surface area contributed by atoms with Gasteiger partial charge in [-0.15, -0.1) is 0 Å². The van der Waals surface area contributed by atoms with E-state index in [9.17, 15) is 9.59 Å². The Morgan fingerprint density at radius 2 is 2.25 bits per heavy atom. The molecule has 3 heterocycles. The van der Waals surface area contributed by atoms with Crippen molar-refractivity contribution in [1.29, 1.82) is 0 Å². The molecule has 124 valence electrons. The molecule has 2 aromatic rings. The molecule has 0 aromatic carbocycles. The Balaban J connectivity index is 1.56. The first kappa shape index (κ1) is 15.4. The molecule has 1 aliphatic heterocycles. The van der Waals surface area contributed by atoms with Gasteiger partial charge >= 0.3 is 0 Å². The maximum atomic E-state index is 12.8. The standard InChI is InChI=1S/C17H18N4O2S/c22-15(19-11-4-3-7-18-9-11)8-12-10-24-17-20-14-6-2-1-5-13(14)16(23)21(12)17/h3-4,7,9,12H,1-2,5-6,8,10H2,(H,19,22). The molecular weight excluding hydrogens is 324 g/mol. The van der Waals surface area contributed by atoms with Gasteiger partial charge in [0.1, 0.15) is 0 Å². The minimum atomic E-state index is -0.131. The van der Waals surface area contributed by atoms with Gasteiger partial charge in [0, 0.05) is 23.9 Å². The van der Waals surface area contributed by atoms with Crippen LogP contribution in [0.2, 0.25) is 0 Å². The summed E-state index contributed by atoms with van der Waals surface area (Å²) in [5, 5.41) is 3.60. The third-order valence-corrected chi connectivity index (χ3v) is 5.59. The monoisotopic (exact) mass is 342 g/mol. The second-order valence-electron chi connectivity index (χ2n) is 6.16. The maximum absolute atomic E-state index is 12.8. The summed E-state index contributed by atoms with van der Waals surface area (Å²) in [6, 6.07) is 3.44. The number of anilines is 1. The van der Waals surface area contributed by atoms with Crippen LogP contribution in [-0.2, 0) is 17.6 Å². The Morgan fingerprint density at radius 1 is 1.38 bits per heavy atom. The highest BCUT2D eigenvalue weighted by molar-refractivity contribution is 7.99. The molecule has 0 fully saturated rings. The largest absolute Gasteiger partial charge is 0.325 e. The molecule has 2 aromatic heterocycles. The fraction of sp³-hybridized carbons (Fsp3) is 0.412. The second-order valence-corrected chi connectivity index (χ2v) is 7.15. The highest BCUT2D eigenvalue weighted by Crippen LogP contribution is 2.33. The van der Waals surface area contributed by atoms with Gasteiger partial charge in [-0.2, -0.15) is 0 Å². The van der Waals surface area contributed by atoms with Crippen molar-refractivity contribution in [2.24, 2.45) is 0 Å². The van der Waals surface area contributed by atoms with Crippen LogP contribution in [0.4, 0.5) is 5.69 Å². The lowest BCUT2D eigenvalue weighted by Gasteiger charge is -2.18. The van der Waals surface area contributed by atoms with Gasteiger partial charge in [-0.3, -0.25) is 19.1 Å². The molecule has 6 nitrogen and oxygen atoms in total. The van der Waals surface area contributed by atoms with Crippen LogP contribution in [0.5, 0.6) is 0 Å². The predicted molar refractivity (Wildman–Crippen MR) is 92.4 cm³/mol. The first-order chi connectivity index (χ1) is 11.7. The molecule has 0 bridgehead atoms. The molecule has 0 spiro atoms. The Hall–Kier alpha value is -2.15. The number of carbonyl (C=O) groups is 1. The van der Waals surface area contributed by atoms with Crippen molar-refractivity contribution in [3.8, 4) is 0 Å². The van der Waals surface area contributed by atoms with Crippen molar-refractivity contribution in [3.63, 3.8) is 0 Å². The van der Waals surface area contributed by atoms with Crippen LogP contribution in [0.25, 0.3) is 0 Å². The van der Waals surface area contributed by atoms with Gasteiger partial charge in [0.2, 0.25) is 5.91 Å². The zero-order chi connectivity index (χ0) is 16.5. The summed E-state index contributed by atoms with van der Waals surface area (Å²) in [5.41, 5.74) is 2.54. The van der Waals surface area contributed by atoms with Gasteiger partial charge in [0.25, 0.3) is 5.56 Å². The average molecular weight is 342 g/mol. The Kier molecular flexibility index (Phi) is 4.10. The summed E-state index contributed by atoms with van der Waals surface area (Å²) >= 11 is 1.57. The molecule has 4 rings (SSSR count). The van der Waals surface area contributed by atoms with E-state index in [1.165, 1.54) is 0 Å². The molecule has 2 aliphatic rings. The highest BCUT2D eigenvalue weighted by atomic mass is 32.2. The van der Waals surface area contributed by atoms with Crippen LogP contribution in [0.15, 0.2) is 34.5 Å². The summed E-state index contributed by atoms with van der Waals surface area (Å²) in [6.45, 7) is 0. The molecular formula is C17H18N4O2S. The molecule has 0 saturated heterocycles. The van der Waals surface area contributed by atoms with E-state index in [0.717, 1.165) is 42.1 Å². The van der Waals surface area contributed by atoms with Crippen molar-refractivity contribution in [2.45, 2.75) is 43.3 Å². The molecule has 1 atom stereocenters. The van der Waals surface area contributed by atoms with Crippen LogP contribution < -0.4 is 10.9 Å². The predicted octanol–water partition coefficient (Wildman–Crippen LogP) is 2.19. The van der Waals surface area contributed by atoms with Crippen molar-refractivity contribution in [3.05, 3.63) is 46.1 Å². The van der Waals surface area contributed by atoms with Crippen molar-refractivity contribution >= 4 is 23.4 Å². The Bertz CT molecular complexity index is 834. The molecule has 1 N–H and O–H groups in total. The number of pyridine rings is 1. The molecule has 24 heavy (non-hydrogen) atoms. The zero-order valence-electron chi connectivity index (χ0n) is 13.2. The van der Waals surface area contributed by atoms with Gasteiger partial charge in [-0.1, -0.05) is 11.8 Å². The number of thioether (sulfide) groups is 1. The van der Waals surface area contributed by atoms with Crippen LogP contribution in [0, 0.1) is 0 Å². The van der Waals surface area contributed by atoms with E-state index in [-0.39, 0.29) is 23.9 Å². The first-order valence-electron chi connectivity index (χ1n) is 8.19. The molecule has 1 amide bonds. The second kappa shape index (κ2) is 6.39. The van der Waals surface area contributed by atoms with E-state index >= 15 is 0 Å². The molecule has 7 heteroatoms. The topological polar surface area (TPSA) is 76.9 Å². The summed E-state index contributed by atoms with van der Waals surface area (Å²) < 4.78 is 1.73. The first-order valence-corrected chi connectivity index (χ1v) is 9.18. The SMILES string of the molecule is O=C(CC1CSc2nc3c(c(=O)n21)CCCC3)Nc1cccnc1. The molecule has 0 saturated carbocycles. The van der Waals surface area contributed by atoms with Crippen molar-refractivity contribution in [1.82, 2.24) is 14.5 Å². The van der Waals surface area contributed by atoms with Crippen molar-refractivity contribution in [2.75, 3.05) is 11.1 Å². The summed E-state index contributed by atoms with van der Waals surface area (Å²) in [4.78, 5) is 33.8. The number of fused-ring (bicyclic) bond motifs is 2. The highest BCUT2D eigenvalue weighted by Gasteiger charge is 2.30. The summed E-state index contributed by atoms with van der Waals surface area (Å²) in [7, 11) is 0. The van der Waals surface area contributed by atoms with Gasteiger partial charge in [-0.05, 0) is 37.8 Å². The van der Waals surface area contributed by atoms with Gasteiger partial charge in [-0.25, -0.2) is 4.98 Å². The van der Waals surface area contributed by atoms with E-state index < -0.39 is 0 Å². The Morgan fingerprint density at radius 3 is 3.08 bits per heavy atom. The summed E-state index contributed by atoms with van der Waals surface area (Å²) in [6.07, 6.45) is 7.39. The lowest BCUT2D eigenvalue weighted by molar-refractivity contribution is -0.116. The van der Waals surface area contributed by atoms with Gasteiger partial charge in [0.05, 0.1) is 23.6 Å². The van der Waals surface area contributed by atoms with E-state index in [0.29, 0.717) is 11.4 Å². The number of aromatic nitrogens is 3.